The number of carbonyl (C=O) groups excluding carboxylic acids is 1. The van der Waals surface area contributed by atoms with Gasteiger partial charge in [-0.15, -0.1) is 22.7 Å². The molecule has 21 heavy (non-hydrogen) atoms. The Morgan fingerprint density at radius 3 is 2.86 bits per heavy atom. The molecule has 2 aromatic heterocycles. The van der Waals surface area contributed by atoms with Crippen LogP contribution in [0, 0.1) is 0 Å². The topological polar surface area (TPSA) is 36.4 Å². The highest BCUT2D eigenvalue weighted by atomic mass is 79.9. The van der Waals surface area contributed by atoms with E-state index in [9.17, 15) is 4.79 Å². The summed E-state index contributed by atoms with van der Waals surface area (Å²) in [6, 6.07) is 1.94. The minimum Gasteiger partial charge on any atom is -0.337 e. The smallest absolute Gasteiger partial charge is 0.265 e. The summed E-state index contributed by atoms with van der Waals surface area (Å²) < 4.78 is 0.904. The molecule has 112 valence electrons. The van der Waals surface area contributed by atoms with E-state index in [0.29, 0.717) is 0 Å². The number of thiazole rings is 1. The van der Waals surface area contributed by atoms with Crippen LogP contribution in [0.1, 0.15) is 21.1 Å². The van der Waals surface area contributed by atoms with Gasteiger partial charge in [-0.2, -0.15) is 0 Å². The van der Waals surface area contributed by atoms with Crippen LogP contribution in [0.2, 0.25) is 0 Å². The lowest BCUT2D eigenvalue weighted by Gasteiger charge is -2.21. The quantitative estimate of drug-likeness (QED) is 0.812. The second kappa shape index (κ2) is 7.00. The number of aromatic nitrogens is 1. The van der Waals surface area contributed by atoms with Gasteiger partial charge in [0.1, 0.15) is 9.88 Å². The summed E-state index contributed by atoms with van der Waals surface area (Å²) in [7, 11) is 0. The minimum atomic E-state index is 0.146. The van der Waals surface area contributed by atoms with Gasteiger partial charge in [0.2, 0.25) is 0 Å². The first-order valence-corrected chi connectivity index (χ1v) is 9.42. The molecule has 1 saturated heterocycles. The van der Waals surface area contributed by atoms with Crippen molar-refractivity contribution in [3.63, 3.8) is 0 Å². The summed E-state index contributed by atoms with van der Waals surface area (Å²) in [6.45, 7) is 4.44. The van der Waals surface area contributed by atoms with Gasteiger partial charge in [-0.3, -0.25) is 9.69 Å². The predicted molar refractivity (Wildman–Crippen MR) is 89.9 cm³/mol. The van der Waals surface area contributed by atoms with Crippen molar-refractivity contribution in [2.45, 2.75) is 13.0 Å². The van der Waals surface area contributed by atoms with Crippen LogP contribution >= 0.6 is 38.6 Å². The van der Waals surface area contributed by atoms with Crippen molar-refractivity contribution in [2.75, 3.05) is 26.2 Å². The van der Waals surface area contributed by atoms with Crippen molar-refractivity contribution in [1.82, 2.24) is 14.8 Å². The highest BCUT2D eigenvalue weighted by Crippen LogP contribution is 2.24. The van der Waals surface area contributed by atoms with Gasteiger partial charge in [0.25, 0.3) is 5.91 Å². The van der Waals surface area contributed by atoms with Crippen LogP contribution in [0.15, 0.2) is 27.5 Å². The van der Waals surface area contributed by atoms with Gasteiger partial charge < -0.3 is 4.90 Å². The molecule has 0 N–H and O–H groups in total. The maximum absolute atomic E-state index is 12.5. The van der Waals surface area contributed by atoms with Gasteiger partial charge in [0.15, 0.2) is 0 Å². The van der Waals surface area contributed by atoms with Crippen LogP contribution in [-0.4, -0.2) is 46.9 Å². The highest BCUT2D eigenvalue weighted by Gasteiger charge is 2.22. The molecule has 2 aromatic rings. The van der Waals surface area contributed by atoms with E-state index >= 15 is 0 Å². The summed E-state index contributed by atoms with van der Waals surface area (Å²) in [5.74, 6) is 0.146. The molecule has 0 bridgehead atoms. The normalized spacial score (nSPS) is 16.9. The summed E-state index contributed by atoms with van der Waals surface area (Å²) in [4.78, 5) is 22.0. The molecule has 0 aliphatic carbocycles. The van der Waals surface area contributed by atoms with E-state index in [-0.39, 0.29) is 5.91 Å². The highest BCUT2D eigenvalue weighted by molar-refractivity contribution is 9.10. The zero-order valence-electron chi connectivity index (χ0n) is 11.5. The largest absolute Gasteiger partial charge is 0.337 e. The molecule has 0 atom stereocenters. The lowest BCUT2D eigenvalue weighted by Crippen LogP contribution is -2.34. The number of amides is 1. The second-order valence-electron chi connectivity index (χ2n) is 4.95. The Balaban J connectivity index is 1.60. The third-order valence-electron chi connectivity index (χ3n) is 3.53. The molecule has 4 nitrogen and oxygen atoms in total. The minimum absolute atomic E-state index is 0.146. The Labute approximate surface area is 140 Å². The van der Waals surface area contributed by atoms with E-state index in [1.807, 2.05) is 27.9 Å². The SMILES string of the molecule is O=C(c1sccc1Br)N1CCCN(Cc2nccs2)CC1. The third-order valence-corrected chi connectivity index (χ3v) is 6.12. The maximum atomic E-state index is 12.5. The Hall–Kier alpha value is -0.760. The van der Waals surface area contributed by atoms with Crippen LogP contribution in [0.4, 0.5) is 0 Å². The van der Waals surface area contributed by atoms with Gasteiger partial charge in [-0.1, -0.05) is 0 Å². The predicted octanol–water partition coefficient (Wildman–Crippen LogP) is 3.32. The zero-order chi connectivity index (χ0) is 14.7. The van der Waals surface area contributed by atoms with Gasteiger partial charge in [0.05, 0.1) is 6.54 Å². The molecule has 0 spiro atoms. The molecule has 3 rings (SSSR count). The van der Waals surface area contributed by atoms with Crippen molar-refractivity contribution in [1.29, 1.82) is 0 Å². The number of thiophene rings is 1. The number of halogens is 1. The van der Waals surface area contributed by atoms with Crippen LogP contribution in [0.3, 0.4) is 0 Å². The average molecular weight is 386 g/mol. The van der Waals surface area contributed by atoms with Crippen LogP contribution in [0.5, 0.6) is 0 Å². The fourth-order valence-corrected chi connectivity index (χ4v) is 4.61. The van der Waals surface area contributed by atoms with Crippen molar-refractivity contribution < 1.29 is 4.79 Å². The summed E-state index contributed by atoms with van der Waals surface area (Å²) in [5.41, 5.74) is 0. The Kier molecular flexibility index (Phi) is 5.05. The number of hydrogen-bond donors (Lipinski definition) is 0. The summed E-state index contributed by atoms with van der Waals surface area (Å²) >= 11 is 6.65. The van der Waals surface area contributed by atoms with E-state index in [2.05, 4.69) is 25.8 Å². The molecule has 0 saturated carbocycles. The molecule has 3 heterocycles. The summed E-state index contributed by atoms with van der Waals surface area (Å²) in [6.07, 6.45) is 2.86. The summed E-state index contributed by atoms with van der Waals surface area (Å²) in [5, 5.41) is 5.11. The molecular weight excluding hydrogens is 370 g/mol. The maximum Gasteiger partial charge on any atom is 0.265 e. The zero-order valence-corrected chi connectivity index (χ0v) is 14.7. The molecular formula is C14H16BrN3OS2. The molecule has 1 aliphatic rings. The fourth-order valence-electron chi connectivity index (χ4n) is 2.44. The molecule has 0 unspecified atom stereocenters. The molecule has 0 radical (unpaired) electrons. The first-order valence-electron chi connectivity index (χ1n) is 6.87. The number of nitrogens with zero attached hydrogens (tertiary/aromatic N) is 3. The fraction of sp³-hybridized carbons (Fsp3) is 0.429. The first kappa shape index (κ1) is 15.1. The van der Waals surface area contributed by atoms with Crippen molar-refractivity contribution in [2.24, 2.45) is 0 Å². The molecule has 1 aliphatic heterocycles. The van der Waals surface area contributed by atoms with Crippen molar-refractivity contribution >= 4 is 44.5 Å². The average Bonchev–Trinajstić information content (AvgIpc) is 3.07. The first-order chi connectivity index (χ1) is 10.2. The third kappa shape index (κ3) is 3.71. The van der Waals surface area contributed by atoms with E-state index in [1.54, 1.807) is 11.3 Å². The molecule has 7 heteroatoms. The van der Waals surface area contributed by atoms with Gasteiger partial charge in [-0.25, -0.2) is 4.98 Å². The number of rotatable bonds is 3. The second-order valence-corrected chi connectivity index (χ2v) is 7.69. The van der Waals surface area contributed by atoms with E-state index in [1.165, 1.54) is 11.3 Å². The van der Waals surface area contributed by atoms with E-state index in [0.717, 1.165) is 53.5 Å². The van der Waals surface area contributed by atoms with E-state index in [4.69, 9.17) is 0 Å². The Morgan fingerprint density at radius 2 is 2.14 bits per heavy atom. The van der Waals surface area contributed by atoms with E-state index < -0.39 is 0 Å². The van der Waals surface area contributed by atoms with Crippen LogP contribution in [-0.2, 0) is 6.54 Å². The molecule has 1 amide bonds. The lowest BCUT2D eigenvalue weighted by molar-refractivity contribution is 0.0765. The van der Waals surface area contributed by atoms with Gasteiger partial charge >= 0.3 is 0 Å². The molecule has 0 aromatic carbocycles. The lowest BCUT2D eigenvalue weighted by atomic mass is 10.3. The van der Waals surface area contributed by atoms with Gasteiger partial charge in [0, 0.05) is 42.2 Å². The van der Waals surface area contributed by atoms with Gasteiger partial charge in [-0.05, 0) is 33.8 Å². The number of hydrogen-bond acceptors (Lipinski definition) is 5. The Bertz CT molecular complexity index is 599. The van der Waals surface area contributed by atoms with Crippen molar-refractivity contribution in [3.05, 3.63) is 37.4 Å². The van der Waals surface area contributed by atoms with Crippen LogP contribution < -0.4 is 0 Å². The Morgan fingerprint density at radius 1 is 1.24 bits per heavy atom. The standard InChI is InChI=1S/C14H16BrN3OS2/c15-11-2-8-21-13(11)14(19)18-5-1-4-17(6-7-18)10-12-16-3-9-20-12/h2-3,8-9H,1,4-7,10H2. The monoisotopic (exact) mass is 385 g/mol. The number of carbonyl (C=O) groups is 1. The molecule has 1 fully saturated rings. The van der Waals surface area contributed by atoms with Crippen molar-refractivity contribution in [3.8, 4) is 0 Å². The van der Waals surface area contributed by atoms with Crippen LogP contribution in [0.25, 0.3) is 0 Å².